The molecule has 1 aliphatic carbocycles. The van der Waals surface area contributed by atoms with Gasteiger partial charge in [-0.1, -0.05) is 29.8 Å². The Morgan fingerprint density at radius 2 is 2.00 bits per heavy atom. The Kier molecular flexibility index (Phi) is 2.24. The average molecular weight is 186 g/mol. The van der Waals surface area contributed by atoms with Crippen molar-refractivity contribution in [3.05, 3.63) is 41.0 Å². The highest BCUT2D eigenvalue weighted by Crippen LogP contribution is 2.27. The quantitative estimate of drug-likeness (QED) is 0.658. The number of hydrogen-bond donors (Lipinski definition) is 0. The monoisotopic (exact) mass is 186 g/mol. The molecule has 0 saturated carbocycles. The van der Waals surface area contributed by atoms with E-state index < -0.39 is 0 Å². The van der Waals surface area contributed by atoms with Crippen molar-refractivity contribution in [2.45, 2.75) is 26.7 Å². The number of ketones is 1. The Hall–Kier alpha value is -1.37. The van der Waals surface area contributed by atoms with E-state index in [4.69, 9.17) is 0 Å². The van der Waals surface area contributed by atoms with Gasteiger partial charge in [0.1, 0.15) is 0 Å². The Labute approximate surface area is 84.5 Å². The fourth-order valence-corrected chi connectivity index (χ4v) is 1.88. The summed E-state index contributed by atoms with van der Waals surface area (Å²) in [4.78, 5) is 11.6. The molecule has 72 valence electrons. The number of rotatable bonds is 1. The summed E-state index contributed by atoms with van der Waals surface area (Å²) in [5.41, 5.74) is 4.45. The average Bonchev–Trinajstić information content (AvgIpc) is 2.56. The molecule has 0 fully saturated rings. The summed E-state index contributed by atoms with van der Waals surface area (Å²) in [5, 5.41) is 0. The van der Waals surface area contributed by atoms with Crippen LogP contribution in [0.3, 0.4) is 0 Å². The minimum atomic E-state index is 0.290. The van der Waals surface area contributed by atoms with Crippen LogP contribution >= 0.6 is 0 Å². The normalized spacial score (nSPS) is 15.9. The highest BCUT2D eigenvalue weighted by molar-refractivity contribution is 6.22. The van der Waals surface area contributed by atoms with Crippen LogP contribution in [-0.2, 0) is 4.79 Å². The number of carbonyl (C=O) groups excluding carboxylic acids is 1. The molecule has 0 radical (unpaired) electrons. The van der Waals surface area contributed by atoms with Crippen LogP contribution in [0.4, 0.5) is 0 Å². The van der Waals surface area contributed by atoms with Crippen molar-refractivity contribution < 1.29 is 4.79 Å². The Morgan fingerprint density at radius 1 is 1.21 bits per heavy atom. The maximum Gasteiger partial charge on any atom is 0.163 e. The predicted octanol–water partition coefficient (Wildman–Crippen LogP) is 3.05. The Balaban J connectivity index is 2.50. The van der Waals surface area contributed by atoms with Gasteiger partial charge in [0.25, 0.3) is 0 Å². The van der Waals surface area contributed by atoms with Crippen molar-refractivity contribution in [1.29, 1.82) is 0 Å². The molecule has 0 aromatic heterocycles. The molecule has 1 aromatic rings. The molecule has 0 atom stereocenters. The van der Waals surface area contributed by atoms with E-state index in [1.54, 1.807) is 0 Å². The zero-order valence-corrected chi connectivity index (χ0v) is 8.63. The zero-order valence-electron chi connectivity index (χ0n) is 8.63. The highest BCUT2D eigenvalue weighted by Gasteiger charge is 2.17. The molecule has 1 heteroatoms. The van der Waals surface area contributed by atoms with E-state index in [0.717, 1.165) is 17.6 Å². The van der Waals surface area contributed by atoms with Gasteiger partial charge in [0.2, 0.25) is 0 Å². The number of Topliss-reactive ketones (excluding diaryl/α,β-unsaturated/α-hetero) is 1. The van der Waals surface area contributed by atoms with Crippen molar-refractivity contribution in [3.8, 4) is 0 Å². The first-order valence-electron chi connectivity index (χ1n) is 4.99. The van der Waals surface area contributed by atoms with E-state index in [-0.39, 0.29) is 0 Å². The number of hydrogen-bond acceptors (Lipinski definition) is 1. The van der Waals surface area contributed by atoms with Gasteiger partial charge in [0, 0.05) is 12.0 Å². The molecular weight excluding hydrogens is 172 g/mol. The third-order valence-electron chi connectivity index (χ3n) is 2.70. The van der Waals surface area contributed by atoms with Crippen LogP contribution in [0.15, 0.2) is 24.3 Å². The Morgan fingerprint density at radius 3 is 2.64 bits per heavy atom. The van der Waals surface area contributed by atoms with Gasteiger partial charge in [-0.25, -0.2) is 0 Å². The van der Waals surface area contributed by atoms with Crippen molar-refractivity contribution in [3.63, 3.8) is 0 Å². The van der Waals surface area contributed by atoms with E-state index >= 15 is 0 Å². The summed E-state index contributed by atoms with van der Waals surface area (Å²) in [7, 11) is 0. The van der Waals surface area contributed by atoms with Crippen molar-refractivity contribution in [2.75, 3.05) is 0 Å². The lowest BCUT2D eigenvalue weighted by Gasteiger charge is -2.06. The van der Waals surface area contributed by atoms with E-state index in [2.05, 4.69) is 38.1 Å². The van der Waals surface area contributed by atoms with Crippen LogP contribution in [0.2, 0.25) is 0 Å². The standard InChI is InChI=1S/C13H14O/c1-9-6-7-10(2)12(8-9)11-4-3-5-13(11)14/h4,6-8H,3,5H2,1-2H3. The summed E-state index contributed by atoms with van der Waals surface area (Å²) in [6.45, 7) is 4.12. The molecule has 0 aliphatic heterocycles. The van der Waals surface area contributed by atoms with Gasteiger partial charge in [-0.05, 0) is 31.4 Å². The van der Waals surface area contributed by atoms with Crippen LogP contribution in [0.1, 0.15) is 29.5 Å². The molecule has 0 spiro atoms. The first-order valence-corrected chi connectivity index (χ1v) is 4.99. The van der Waals surface area contributed by atoms with Gasteiger partial charge in [-0.15, -0.1) is 0 Å². The summed E-state index contributed by atoms with van der Waals surface area (Å²) in [6.07, 6.45) is 3.65. The summed E-state index contributed by atoms with van der Waals surface area (Å²) in [5.74, 6) is 0.290. The lowest BCUT2D eigenvalue weighted by molar-refractivity contribution is -0.113. The van der Waals surface area contributed by atoms with Crippen molar-refractivity contribution in [1.82, 2.24) is 0 Å². The van der Waals surface area contributed by atoms with Crippen LogP contribution in [0.25, 0.3) is 5.57 Å². The fraction of sp³-hybridized carbons (Fsp3) is 0.308. The lowest BCUT2D eigenvalue weighted by atomic mass is 9.97. The van der Waals surface area contributed by atoms with Gasteiger partial charge in [0.15, 0.2) is 5.78 Å². The van der Waals surface area contributed by atoms with E-state index in [0.29, 0.717) is 12.2 Å². The molecule has 0 amide bonds. The molecule has 0 saturated heterocycles. The molecule has 1 aromatic carbocycles. The van der Waals surface area contributed by atoms with Gasteiger partial charge < -0.3 is 0 Å². The van der Waals surface area contributed by atoms with Crippen LogP contribution < -0.4 is 0 Å². The number of carbonyl (C=O) groups is 1. The highest BCUT2D eigenvalue weighted by atomic mass is 16.1. The lowest BCUT2D eigenvalue weighted by Crippen LogP contribution is -1.97. The van der Waals surface area contributed by atoms with Crippen molar-refractivity contribution >= 4 is 11.4 Å². The third-order valence-corrected chi connectivity index (χ3v) is 2.70. The largest absolute Gasteiger partial charge is 0.294 e. The second-order valence-corrected chi connectivity index (χ2v) is 3.90. The maximum atomic E-state index is 11.6. The topological polar surface area (TPSA) is 17.1 Å². The molecule has 14 heavy (non-hydrogen) atoms. The van der Waals surface area contributed by atoms with Crippen molar-refractivity contribution in [2.24, 2.45) is 0 Å². The molecule has 1 aliphatic rings. The maximum absolute atomic E-state index is 11.6. The molecule has 0 heterocycles. The van der Waals surface area contributed by atoms with Gasteiger partial charge >= 0.3 is 0 Å². The number of benzene rings is 1. The third kappa shape index (κ3) is 1.50. The molecule has 0 bridgehead atoms. The molecule has 2 rings (SSSR count). The van der Waals surface area contributed by atoms with Gasteiger partial charge in [-0.3, -0.25) is 4.79 Å². The minimum absolute atomic E-state index is 0.290. The van der Waals surface area contributed by atoms with E-state index in [9.17, 15) is 4.79 Å². The smallest absolute Gasteiger partial charge is 0.163 e. The molecular formula is C13H14O. The second-order valence-electron chi connectivity index (χ2n) is 3.90. The van der Waals surface area contributed by atoms with E-state index in [1.165, 1.54) is 11.1 Å². The predicted molar refractivity (Wildman–Crippen MR) is 58.1 cm³/mol. The van der Waals surface area contributed by atoms with Crippen LogP contribution in [-0.4, -0.2) is 5.78 Å². The van der Waals surface area contributed by atoms with Gasteiger partial charge in [-0.2, -0.15) is 0 Å². The first-order chi connectivity index (χ1) is 6.68. The molecule has 0 N–H and O–H groups in total. The number of allylic oxidation sites excluding steroid dienone is 2. The van der Waals surface area contributed by atoms with Gasteiger partial charge in [0.05, 0.1) is 0 Å². The molecule has 1 nitrogen and oxygen atoms in total. The zero-order chi connectivity index (χ0) is 10.1. The molecule has 0 unspecified atom stereocenters. The summed E-state index contributed by atoms with van der Waals surface area (Å²) in [6, 6.07) is 6.26. The number of aryl methyl sites for hydroxylation is 2. The minimum Gasteiger partial charge on any atom is -0.294 e. The van der Waals surface area contributed by atoms with E-state index in [1.807, 2.05) is 0 Å². The summed E-state index contributed by atoms with van der Waals surface area (Å²) >= 11 is 0. The second kappa shape index (κ2) is 3.41. The Bertz CT molecular complexity index is 413. The van der Waals surface area contributed by atoms with Crippen LogP contribution in [0.5, 0.6) is 0 Å². The van der Waals surface area contributed by atoms with Crippen LogP contribution in [0, 0.1) is 13.8 Å². The SMILES string of the molecule is Cc1ccc(C)c(C2=CCCC2=O)c1. The summed E-state index contributed by atoms with van der Waals surface area (Å²) < 4.78 is 0. The fourth-order valence-electron chi connectivity index (χ4n) is 1.88. The first kappa shape index (κ1) is 9.20.